The molecule has 0 nitrogen and oxygen atoms in total. The lowest BCUT2D eigenvalue weighted by molar-refractivity contribution is -0.110. The highest BCUT2D eigenvalue weighted by Gasteiger charge is 2.57. The molecule has 4 saturated carbocycles. The third-order valence-electron chi connectivity index (χ3n) is 8.71. The molecule has 0 spiro atoms. The number of rotatable bonds is 0. The molecule has 0 aromatic rings. The van der Waals surface area contributed by atoms with Gasteiger partial charge >= 0.3 is 0 Å². The molecule has 0 aliphatic heterocycles. The molecule has 0 heterocycles. The highest BCUT2D eigenvalue weighted by atomic mass is 14.6. The topological polar surface area (TPSA) is 0 Å². The summed E-state index contributed by atoms with van der Waals surface area (Å²) in [5, 5.41) is 0. The van der Waals surface area contributed by atoms with E-state index in [0.717, 1.165) is 40.4 Å². The van der Waals surface area contributed by atoms with E-state index in [1.54, 1.807) is 44.9 Å². The van der Waals surface area contributed by atoms with Crippen LogP contribution < -0.4 is 0 Å². The van der Waals surface area contributed by atoms with E-state index in [0.29, 0.717) is 0 Å². The third kappa shape index (κ3) is 2.48. The Labute approximate surface area is 139 Å². The highest BCUT2D eigenvalue weighted by Crippen LogP contribution is 2.66. The first kappa shape index (κ1) is 16.8. The molecule has 0 heteroatoms. The molecule has 0 N–H and O–H groups in total. The fourth-order valence-corrected chi connectivity index (χ4v) is 7.47. The third-order valence-corrected chi connectivity index (χ3v) is 8.71. The summed E-state index contributed by atoms with van der Waals surface area (Å²) < 4.78 is 0. The second kappa shape index (κ2) is 6.14. The fraction of sp³-hybridized carbons (Fsp3) is 1.00. The second-order valence-electron chi connectivity index (χ2n) is 9.62. The lowest BCUT2D eigenvalue weighted by Gasteiger charge is -2.60. The fourth-order valence-electron chi connectivity index (χ4n) is 7.47. The van der Waals surface area contributed by atoms with Gasteiger partial charge in [0, 0.05) is 0 Å². The smallest absolute Gasteiger partial charge is 0.0266 e. The van der Waals surface area contributed by atoms with Crippen LogP contribution in [-0.2, 0) is 0 Å². The Morgan fingerprint density at radius 1 is 0.773 bits per heavy atom. The minimum absolute atomic E-state index is 0.722. The Kier molecular flexibility index (Phi) is 4.70. The Hall–Kier alpha value is 0. The van der Waals surface area contributed by atoms with Crippen molar-refractivity contribution < 1.29 is 0 Å². The van der Waals surface area contributed by atoms with Crippen molar-refractivity contribution in [1.29, 1.82) is 0 Å². The van der Waals surface area contributed by atoms with Gasteiger partial charge in [-0.1, -0.05) is 47.5 Å². The van der Waals surface area contributed by atoms with E-state index >= 15 is 0 Å². The van der Waals surface area contributed by atoms with Crippen LogP contribution in [0.15, 0.2) is 0 Å². The molecule has 4 rings (SSSR count). The lowest BCUT2D eigenvalue weighted by atomic mass is 9.45. The zero-order chi connectivity index (χ0) is 16.0. The molecule has 0 aromatic carbocycles. The summed E-state index contributed by atoms with van der Waals surface area (Å²) in [4.78, 5) is 0. The first-order valence-electron chi connectivity index (χ1n) is 10.5. The molecular weight excluding hydrogens is 264 g/mol. The van der Waals surface area contributed by atoms with Gasteiger partial charge in [-0.3, -0.25) is 0 Å². The van der Waals surface area contributed by atoms with E-state index in [-0.39, 0.29) is 0 Å². The van der Waals surface area contributed by atoms with E-state index in [2.05, 4.69) is 20.8 Å². The quantitative estimate of drug-likeness (QED) is 0.448. The Morgan fingerprint density at radius 3 is 2.32 bits per heavy atom. The van der Waals surface area contributed by atoms with E-state index in [4.69, 9.17) is 0 Å². The minimum Gasteiger partial charge on any atom is -0.0683 e. The predicted octanol–water partition coefficient (Wildman–Crippen LogP) is 7.08. The first-order valence-corrected chi connectivity index (χ1v) is 10.5. The molecule has 4 aliphatic rings. The van der Waals surface area contributed by atoms with Crippen molar-refractivity contribution in [3.8, 4) is 0 Å². The average Bonchev–Trinajstić information content (AvgIpc) is 2.92. The van der Waals surface area contributed by atoms with Crippen molar-refractivity contribution >= 4 is 0 Å². The van der Waals surface area contributed by atoms with Gasteiger partial charge in [0.15, 0.2) is 0 Å². The van der Waals surface area contributed by atoms with Gasteiger partial charge in [0.05, 0.1) is 0 Å². The number of fused-ring (bicyclic) bond motifs is 5. The van der Waals surface area contributed by atoms with Crippen molar-refractivity contribution in [2.24, 2.45) is 40.4 Å². The first-order chi connectivity index (χ1) is 10.5. The Morgan fingerprint density at radius 2 is 1.55 bits per heavy atom. The van der Waals surface area contributed by atoms with Gasteiger partial charge in [0.1, 0.15) is 0 Å². The minimum atomic E-state index is 0.722. The largest absolute Gasteiger partial charge is 0.0683 e. The van der Waals surface area contributed by atoms with Gasteiger partial charge in [-0.05, 0) is 91.8 Å². The second-order valence-corrected chi connectivity index (χ2v) is 9.62. The lowest BCUT2D eigenvalue weighted by Crippen LogP contribution is -2.52. The monoisotopic (exact) mass is 304 g/mol. The molecule has 7 atom stereocenters. The molecule has 22 heavy (non-hydrogen) atoms. The van der Waals surface area contributed by atoms with Gasteiger partial charge in [0.2, 0.25) is 0 Å². The van der Waals surface area contributed by atoms with Gasteiger partial charge in [-0.2, -0.15) is 0 Å². The van der Waals surface area contributed by atoms with Crippen LogP contribution in [0.2, 0.25) is 0 Å². The summed E-state index contributed by atoms with van der Waals surface area (Å²) in [7, 11) is 0. The molecule has 4 fully saturated rings. The predicted molar refractivity (Wildman–Crippen MR) is 96.9 cm³/mol. The molecule has 0 radical (unpaired) electrons. The summed E-state index contributed by atoms with van der Waals surface area (Å²) >= 11 is 0. The molecule has 0 saturated heterocycles. The highest BCUT2D eigenvalue weighted by molar-refractivity contribution is 5.07. The van der Waals surface area contributed by atoms with Gasteiger partial charge in [-0.15, -0.1) is 0 Å². The van der Waals surface area contributed by atoms with Crippen molar-refractivity contribution in [2.75, 3.05) is 0 Å². The average molecular weight is 305 g/mol. The zero-order valence-corrected chi connectivity index (χ0v) is 16.0. The molecular formula is C22H40. The van der Waals surface area contributed by atoms with Crippen LogP contribution in [0.3, 0.4) is 0 Å². The van der Waals surface area contributed by atoms with E-state index in [9.17, 15) is 0 Å². The van der Waals surface area contributed by atoms with Gasteiger partial charge in [-0.25, -0.2) is 0 Å². The number of hydrogen-bond acceptors (Lipinski definition) is 0. The molecule has 0 bridgehead atoms. The molecule has 4 aliphatic carbocycles. The van der Waals surface area contributed by atoms with Crippen LogP contribution in [0.4, 0.5) is 0 Å². The van der Waals surface area contributed by atoms with Crippen LogP contribution >= 0.6 is 0 Å². The summed E-state index contributed by atoms with van der Waals surface area (Å²) in [5.74, 6) is 5.36. The van der Waals surface area contributed by atoms with Crippen LogP contribution in [0.5, 0.6) is 0 Å². The summed E-state index contributed by atoms with van der Waals surface area (Å²) in [6.45, 7) is 11.8. The maximum absolute atomic E-state index is 2.71. The van der Waals surface area contributed by atoms with Crippen molar-refractivity contribution in [1.82, 2.24) is 0 Å². The normalized spacial score (nSPS) is 53.6. The van der Waals surface area contributed by atoms with E-state index < -0.39 is 0 Å². The van der Waals surface area contributed by atoms with Crippen molar-refractivity contribution in [3.05, 3.63) is 0 Å². The van der Waals surface area contributed by atoms with E-state index in [1.165, 1.54) is 19.3 Å². The van der Waals surface area contributed by atoms with Crippen LogP contribution in [0.1, 0.15) is 98.8 Å². The van der Waals surface area contributed by atoms with Crippen molar-refractivity contribution in [3.63, 3.8) is 0 Å². The molecule has 0 aromatic heterocycles. The molecule has 0 amide bonds. The maximum atomic E-state index is 2.71. The van der Waals surface area contributed by atoms with Crippen LogP contribution in [0.25, 0.3) is 0 Å². The summed E-state index contributed by atoms with van der Waals surface area (Å²) in [6, 6.07) is 0. The van der Waals surface area contributed by atoms with E-state index in [1.807, 2.05) is 13.8 Å². The Balaban J connectivity index is 0.000000693. The van der Waals surface area contributed by atoms with Crippen LogP contribution in [0, 0.1) is 40.4 Å². The van der Waals surface area contributed by atoms with Crippen LogP contribution in [-0.4, -0.2) is 0 Å². The summed E-state index contributed by atoms with van der Waals surface area (Å²) in [6.07, 6.45) is 15.5. The SMILES string of the molecule is CC.C[C@H]1CC[C@]2(C)C3CC[C@]4(C)CCCC4C3CC[C@H]2C1. The molecule has 3 unspecified atom stereocenters. The standard InChI is InChI=1S/C20H34.C2H6/c1-14-8-12-20(3)15(13-14)6-7-16-17-5-4-10-19(17,2)11-9-18(16)20;1-2/h14-18H,4-13H2,1-3H3;1-2H3/t14-,15-,16?,17?,18?,19-,20-;/m0./s1. The zero-order valence-electron chi connectivity index (χ0n) is 16.0. The van der Waals surface area contributed by atoms with Gasteiger partial charge < -0.3 is 0 Å². The van der Waals surface area contributed by atoms with Crippen molar-refractivity contribution in [2.45, 2.75) is 98.8 Å². The van der Waals surface area contributed by atoms with Gasteiger partial charge in [0.25, 0.3) is 0 Å². The number of hydrogen-bond donors (Lipinski definition) is 0. The maximum Gasteiger partial charge on any atom is -0.0266 e. The Bertz CT molecular complexity index is 385. The summed E-state index contributed by atoms with van der Waals surface area (Å²) in [5.41, 5.74) is 1.46. The molecule has 128 valence electrons.